The maximum absolute atomic E-state index is 12.6. The van der Waals surface area contributed by atoms with Gasteiger partial charge in [0.15, 0.2) is 5.13 Å². The van der Waals surface area contributed by atoms with Crippen LogP contribution in [0.3, 0.4) is 0 Å². The third-order valence-corrected chi connectivity index (χ3v) is 6.75. The van der Waals surface area contributed by atoms with Crippen molar-refractivity contribution < 1.29 is 4.79 Å². The van der Waals surface area contributed by atoms with Gasteiger partial charge in [0, 0.05) is 31.9 Å². The zero-order valence-corrected chi connectivity index (χ0v) is 17.7. The van der Waals surface area contributed by atoms with E-state index in [0.717, 1.165) is 29.4 Å². The van der Waals surface area contributed by atoms with E-state index in [0.29, 0.717) is 13.1 Å². The lowest BCUT2D eigenvalue weighted by Crippen LogP contribution is -2.50. The van der Waals surface area contributed by atoms with Crippen molar-refractivity contribution in [1.29, 1.82) is 0 Å². The van der Waals surface area contributed by atoms with Crippen LogP contribution in [0.25, 0.3) is 10.2 Å². The second-order valence-electron chi connectivity index (χ2n) is 7.55. The average Bonchev–Trinajstić information content (AvgIpc) is 3.13. The highest BCUT2D eigenvalue weighted by molar-refractivity contribution is 7.22. The van der Waals surface area contributed by atoms with Crippen LogP contribution in [-0.4, -0.2) is 42.1 Å². The summed E-state index contributed by atoms with van der Waals surface area (Å²) in [5.74, 6) is 0. The van der Waals surface area contributed by atoms with Gasteiger partial charge in [0.1, 0.15) is 0 Å². The molecule has 4 rings (SSSR count). The van der Waals surface area contributed by atoms with Crippen molar-refractivity contribution in [3.8, 4) is 0 Å². The molecule has 0 radical (unpaired) electrons. The highest BCUT2D eigenvalue weighted by Crippen LogP contribution is 2.32. The summed E-state index contributed by atoms with van der Waals surface area (Å²) < 4.78 is 1.23. The van der Waals surface area contributed by atoms with Crippen LogP contribution in [-0.2, 0) is 0 Å². The summed E-state index contributed by atoms with van der Waals surface area (Å²) in [5, 5.41) is 4.08. The maximum Gasteiger partial charge on any atom is 0.321 e. The first-order valence-corrected chi connectivity index (χ1v) is 10.5. The number of anilines is 2. The molecule has 0 bridgehead atoms. The molecule has 0 aliphatic carbocycles. The third-order valence-electron chi connectivity index (χ3n) is 5.67. The van der Waals surface area contributed by atoms with Gasteiger partial charge >= 0.3 is 6.03 Å². The molecule has 0 saturated carbocycles. The number of amides is 2. The van der Waals surface area contributed by atoms with Crippen molar-refractivity contribution in [1.82, 2.24) is 9.88 Å². The Labute approximate surface area is 170 Å². The lowest BCUT2D eigenvalue weighted by molar-refractivity contribution is 0.208. The van der Waals surface area contributed by atoms with Crippen molar-refractivity contribution in [3.05, 3.63) is 52.6 Å². The largest absolute Gasteiger partial charge is 0.345 e. The van der Waals surface area contributed by atoms with Crippen LogP contribution in [0.1, 0.15) is 22.3 Å². The minimum absolute atomic E-state index is 0.0290. The topological polar surface area (TPSA) is 48.5 Å². The number of carbonyl (C=O) groups excluding carboxylic acids is 1. The van der Waals surface area contributed by atoms with Gasteiger partial charge in [-0.3, -0.25) is 0 Å². The molecule has 1 saturated heterocycles. The SMILES string of the molecule is Cc1ccc(NC(=O)N2CCN(c3nc4c(C)c(C)ccc4s3)CC2)cc1C. The van der Waals surface area contributed by atoms with Crippen LogP contribution in [0.4, 0.5) is 15.6 Å². The number of nitrogens with one attached hydrogen (secondary N) is 1. The van der Waals surface area contributed by atoms with Crippen molar-refractivity contribution in [3.63, 3.8) is 0 Å². The zero-order valence-electron chi connectivity index (χ0n) is 16.9. The van der Waals surface area contributed by atoms with Gasteiger partial charge in [-0.05, 0) is 68.1 Å². The second-order valence-corrected chi connectivity index (χ2v) is 8.56. The molecule has 3 aromatic rings. The minimum Gasteiger partial charge on any atom is -0.345 e. The number of hydrogen-bond donors (Lipinski definition) is 1. The number of benzene rings is 2. The first kappa shape index (κ1) is 18.7. The number of urea groups is 1. The van der Waals surface area contributed by atoms with E-state index >= 15 is 0 Å². The summed E-state index contributed by atoms with van der Waals surface area (Å²) in [6.45, 7) is 11.4. The summed E-state index contributed by atoms with van der Waals surface area (Å²) in [4.78, 5) is 21.7. The van der Waals surface area contributed by atoms with Gasteiger partial charge in [-0.15, -0.1) is 0 Å². The fourth-order valence-corrected chi connectivity index (χ4v) is 4.55. The Balaban J connectivity index is 1.41. The van der Waals surface area contributed by atoms with Crippen LogP contribution in [0.5, 0.6) is 0 Å². The van der Waals surface area contributed by atoms with Crippen molar-refractivity contribution >= 4 is 38.4 Å². The van der Waals surface area contributed by atoms with Crippen LogP contribution in [0.15, 0.2) is 30.3 Å². The summed E-state index contributed by atoms with van der Waals surface area (Å²) in [6, 6.07) is 10.3. The van der Waals surface area contributed by atoms with Crippen molar-refractivity contribution in [2.45, 2.75) is 27.7 Å². The molecular formula is C22H26N4OS. The molecule has 2 heterocycles. The summed E-state index contributed by atoms with van der Waals surface area (Å²) >= 11 is 1.74. The number of fused-ring (bicyclic) bond motifs is 1. The molecule has 2 aromatic carbocycles. The number of hydrogen-bond acceptors (Lipinski definition) is 4. The Bertz CT molecular complexity index is 1030. The lowest BCUT2D eigenvalue weighted by atomic mass is 10.1. The van der Waals surface area contributed by atoms with Gasteiger partial charge in [0.05, 0.1) is 10.2 Å². The van der Waals surface area contributed by atoms with E-state index < -0.39 is 0 Å². The van der Waals surface area contributed by atoms with Gasteiger partial charge in [0.25, 0.3) is 0 Å². The van der Waals surface area contributed by atoms with E-state index in [9.17, 15) is 4.79 Å². The molecule has 0 spiro atoms. The molecule has 1 aliphatic heterocycles. The Hall–Kier alpha value is -2.60. The molecule has 6 heteroatoms. The molecule has 1 N–H and O–H groups in total. The quantitative estimate of drug-likeness (QED) is 0.674. The molecule has 0 atom stereocenters. The number of rotatable bonds is 2. The first-order valence-electron chi connectivity index (χ1n) is 9.67. The number of aryl methyl sites for hydroxylation is 4. The standard InChI is InChI=1S/C22H26N4OS/c1-14-5-7-18(13-16(14)3)23-21(27)25-9-11-26(12-10-25)22-24-20-17(4)15(2)6-8-19(20)28-22/h5-8,13H,9-12H2,1-4H3,(H,23,27). The zero-order chi connectivity index (χ0) is 19.8. The fraction of sp³-hybridized carbons (Fsp3) is 0.364. The van der Waals surface area contributed by atoms with Gasteiger partial charge in [0.2, 0.25) is 0 Å². The Morgan fingerprint density at radius 3 is 2.39 bits per heavy atom. The van der Waals surface area contributed by atoms with E-state index in [4.69, 9.17) is 4.98 Å². The predicted octanol–water partition coefficient (Wildman–Crippen LogP) is 4.88. The predicted molar refractivity (Wildman–Crippen MR) is 118 cm³/mol. The molecule has 0 unspecified atom stereocenters. The van der Waals surface area contributed by atoms with Crippen molar-refractivity contribution in [2.24, 2.45) is 0 Å². The normalized spacial score (nSPS) is 14.6. The molecular weight excluding hydrogens is 368 g/mol. The molecule has 28 heavy (non-hydrogen) atoms. The molecule has 5 nitrogen and oxygen atoms in total. The lowest BCUT2D eigenvalue weighted by Gasteiger charge is -2.34. The van der Waals surface area contributed by atoms with Gasteiger partial charge < -0.3 is 15.1 Å². The summed E-state index contributed by atoms with van der Waals surface area (Å²) in [5.41, 5.74) is 6.91. The Morgan fingerprint density at radius 2 is 1.68 bits per heavy atom. The molecule has 146 valence electrons. The molecule has 2 amide bonds. The highest BCUT2D eigenvalue weighted by atomic mass is 32.1. The number of nitrogens with zero attached hydrogens (tertiary/aromatic N) is 3. The highest BCUT2D eigenvalue weighted by Gasteiger charge is 2.23. The molecule has 1 aliphatic rings. The average molecular weight is 395 g/mol. The minimum atomic E-state index is -0.0290. The van der Waals surface area contributed by atoms with Crippen LogP contribution >= 0.6 is 11.3 Å². The van der Waals surface area contributed by atoms with Gasteiger partial charge in [-0.2, -0.15) is 0 Å². The molecule has 1 aromatic heterocycles. The van der Waals surface area contributed by atoms with E-state index in [2.05, 4.69) is 50.0 Å². The fourth-order valence-electron chi connectivity index (χ4n) is 3.47. The number of thiazole rings is 1. The van der Waals surface area contributed by atoms with E-state index in [1.54, 1.807) is 11.3 Å². The van der Waals surface area contributed by atoms with Crippen LogP contribution in [0.2, 0.25) is 0 Å². The maximum atomic E-state index is 12.6. The monoisotopic (exact) mass is 394 g/mol. The number of carbonyl (C=O) groups is 1. The summed E-state index contributed by atoms with van der Waals surface area (Å²) in [7, 11) is 0. The Kier molecular flexibility index (Phi) is 4.98. The number of aromatic nitrogens is 1. The summed E-state index contributed by atoms with van der Waals surface area (Å²) in [6.07, 6.45) is 0. The van der Waals surface area contributed by atoms with Crippen LogP contribution in [0, 0.1) is 27.7 Å². The van der Waals surface area contributed by atoms with Crippen LogP contribution < -0.4 is 10.2 Å². The second kappa shape index (κ2) is 7.43. The van der Waals surface area contributed by atoms with E-state index in [1.807, 2.05) is 23.1 Å². The molecule has 1 fully saturated rings. The van der Waals surface area contributed by atoms with Gasteiger partial charge in [-0.25, -0.2) is 9.78 Å². The number of piperazine rings is 1. The first-order chi connectivity index (χ1) is 13.4. The van der Waals surface area contributed by atoms with Crippen molar-refractivity contribution in [2.75, 3.05) is 36.4 Å². The smallest absolute Gasteiger partial charge is 0.321 e. The third kappa shape index (κ3) is 3.56. The van der Waals surface area contributed by atoms with E-state index in [-0.39, 0.29) is 6.03 Å². The Morgan fingerprint density at radius 1 is 0.964 bits per heavy atom. The van der Waals surface area contributed by atoms with E-state index in [1.165, 1.54) is 27.0 Å². The van der Waals surface area contributed by atoms with Gasteiger partial charge in [-0.1, -0.05) is 23.5 Å².